The van der Waals surface area contributed by atoms with Crippen LogP contribution in [0.3, 0.4) is 0 Å². The van der Waals surface area contributed by atoms with E-state index in [1.165, 1.54) is 66.1 Å². The molecule has 1 atom stereocenters. The number of anilines is 6. The van der Waals surface area contributed by atoms with E-state index in [1.54, 1.807) is 0 Å². The van der Waals surface area contributed by atoms with Crippen molar-refractivity contribution in [1.29, 1.82) is 0 Å². The number of para-hydroxylation sites is 2. The highest BCUT2D eigenvalue weighted by Gasteiger charge is 2.52. The predicted molar refractivity (Wildman–Crippen MR) is 247 cm³/mol. The van der Waals surface area contributed by atoms with Crippen LogP contribution in [0.2, 0.25) is 0 Å². The minimum atomic E-state index is -0.550. The van der Waals surface area contributed by atoms with Gasteiger partial charge in [0.15, 0.2) is 0 Å². The molecular weight excluding hydrogens is 713 g/mol. The zero-order valence-electron chi connectivity index (χ0n) is 32.3. The molecule has 0 radical (unpaired) electrons. The lowest BCUT2D eigenvalue weighted by molar-refractivity contribution is 0.793. The summed E-state index contributed by atoms with van der Waals surface area (Å²) in [6.07, 6.45) is 0. The number of benzene rings is 10. The lowest BCUT2D eigenvalue weighted by Gasteiger charge is -2.33. The van der Waals surface area contributed by atoms with Gasteiger partial charge in [-0.05, 0) is 104 Å². The van der Waals surface area contributed by atoms with Crippen molar-refractivity contribution < 1.29 is 0 Å². The van der Waals surface area contributed by atoms with Crippen molar-refractivity contribution in [2.45, 2.75) is 5.41 Å². The molecule has 276 valence electrons. The number of fused-ring (bicyclic) bond motifs is 12. The monoisotopic (exact) mass is 750 g/mol. The van der Waals surface area contributed by atoms with E-state index in [0.29, 0.717) is 0 Å². The van der Waals surface area contributed by atoms with Crippen LogP contribution >= 0.6 is 0 Å². The quantitative estimate of drug-likeness (QED) is 0.167. The molecule has 0 aromatic heterocycles. The minimum absolute atomic E-state index is 0.550. The summed E-state index contributed by atoms with van der Waals surface area (Å²) < 4.78 is 0. The minimum Gasteiger partial charge on any atom is -0.310 e. The molecule has 12 rings (SSSR count). The highest BCUT2D eigenvalue weighted by atomic mass is 15.2. The molecule has 0 N–H and O–H groups in total. The summed E-state index contributed by atoms with van der Waals surface area (Å²) in [4.78, 5) is 4.92. The van der Waals surface area contributed by atoms with Crippen LogP contribution in [-0.4, -0.2) is 0 Å². The second kappa shape index (κ2) is 13.2. The Morgan fingerprint density at radius 2 is 0.729 bits per heavy atom. The van der Waals surface area contributed by atoms with Crippen LogP contribution < -0.4 is 9.80 Å². The van der Waals surface area contributed by atoms with Gasteiger partial charge in [-0.25, -0.2) is 0 Å². The standard InChI is InChI=1S/C57H38N2/c1-3-22-41(23-4-1)58(53-33-15-20-39-18-7-9-26-44(39)53)43-36-37-47-46-28-11-13-30-49(46)57(52(47)38-43)50-31-14-12-29-48(50)56-51(57)32-17-35-55(56)59(42-24-5-2-6-25-42)54-34-16-21-40-19-8-10-27-45(40)54/h1-38H. The maximum absolute atomic E-state index is 2.49. The highest BCUT2D eigenvalue weighted by molar-refractivity contribution is 6.06. The van der Waals surface area contributed by atoms with Gasteiger partial charge >= 0.3 is 0 Å². The van der Waals surface area contributed by atoms with Gasteiger partial charge in [-0.1, -0.05) is 176 Å². The van der Waals surface area contributed by atoms with E-state index in [1.807, 2.05) is 0 Å². The van der Waals surface area contributed by atoms with Crippen LogP contribution in [0.25, 0.3) is 43.8 Å². The summed E-state index contributed by atoms with van der Waals surface area (Å²) in [5.74, 6) is 0. The van der Waals surface area contributed by atoms with E-state index in [2.05, 4.69) is 240 Å². The van der Waals surface area contributed by atoms with E-state index in [-0.39, 0.29) is 0 Å². The summed E-state index contributed by atoms with van der Waals surface area (Å²) in [6.45, 7) is 0. The second-order valence-electron chi connectivity index (χ2n) is 15.6. The Labute approximate surface area is 344 Å². The Kier molecular flexibility index (Phi) is 7.48. The summed E-state index contributed by atoms with van der Waals surface area (Å²) in [7, 11) is 0. The third-order valence-electron chi connectivity index (χ3n) is 12.6. The van der Waals surface area contributed by atoms with Crippen LogP contribution in [0.4, 0.5) is 34.1 Å². The molecule has 2 heteroatoms. The molecule has 0 aliphatic heterocycles. The fourth-order valence-electron chi connectivity index (χ4n) is 10.3. The van der Waals surface area contributed by atoms with Crippen LogP contribution in [0.15, 0.2) is 231 Å². The summed E-state index contributed by atoms with van der Waals surface area (Å²) in [6, 6.07) is 84.8. The van der Waals surface area contributed by atoms with E-state index in [4.69, 9.17) is 0 Å². The lowest BCUT2D eigenvalue weighted by Crippen LogP contribution is -2.26. The largest absolute Gasteiger partial charge is 0.310 e. The topological polar surface area (TPSA) is 6.48 Å². The molecule has 2 nitrogen and oxygen atoms in total. The van der Waals surface area contributed by atoms with Gasteiger partial charge in [-0.3, -0.25) is 0 Å². The molecule has 2 aliphatic rings. The molecule has 0 fully saturated rings. The highest BCUT2D eigenvalue weighted by Crippen LogP contribution is 2.65. The number of rotatable bonds is 6. The van der Waals surface area contributed by atoms with Crippen molar-refractivity contribution in [3.05, 3.63) is 253 Å². The SMILES string of the molecule is c1ccc(N(c2ccc3c(c2)C2(c4ccccc4-3)c3ccccc3-c3c(N(c4ccccc4)c4cccc5ccccc45)cccc32)c2cccc3ccccc23)cc1. The smallest absolute Gasteiger partial charge is 0.0727 e. The van der Waals surface area contributed by atoms with Gasteiger partial charge in [0.05, 0.1) is 22.5 Å². The predicted octanol–water partition coefficient (Wildman–Crippen LogP) is 15.3. The van der Waals surface area contributed by atoms with Gasteiger partial charge in [0.25, 0.3) is 0 Å². The molecule has 10 aromatic rings. The zero-order valence-corrected chi connectivity index (χ0v) is 32.3. The lowest BCUT2D eigenvalue weighted by atomic mass is 9.70. The average molecular weight is 751 g/mol. The summed E-state index contributed by atoms with van der Waals surface area (Å²) in [5.41, 5.74) is 16.6. The van der Waals surface area contributed by atoms with Gasteiger partial charge in [0, 0.05) is 33.4 Å². The molecule has 0 saturated carbocycles. The first-order valence-corrected chi connectivity index (χ1v) is 20.4. The van der Waals surface area contributed by atoms with Crippen LogP contribution in [-0.2, 0) is 5.41 Å². The van der Waals surface area contributed by atoms with Gasteiger partial charge in [-0.2, -0.15) is 0 Å². The molecule has 0 saturated heterocycles. The Hall–Kier alpha value is -7.68. The number of hydrogen-bond acceptors (Lipinski definition) is 2. The summed E-state index contributed by atoms with van der Waals surface area (Å²) in [5, 5.41) is 4.87. The van der Waals surface area contributed by atoms with E-state index in [9.17, 15) is 0 Å². The maximum Gasteiger partial charge on any atom is 0.0727 e. The van der Waals surface area contributed by atoms with Gasteiger partial charge in [-0.15, -0.1) is 0 Å². The van der Waals surface area contributed by atoms with Gasteiger partial charge in [0.2, 0.25) is 0 Å². The first-order chi connectivity index (χ1) is 29.3. The Morgan fingerprint density at radius 1 is 0.271 bits per heavy atom. The second-order valence-corrected chi connectivity index (χ2v) is 15.6. The van der Waals surface area contributed by atoms with Crippen molar-refractivity contribution in [2.75, 3.05) is 9.80 Å². The molecule has 1 spiro atoms. The maximum atomic E-state index is 2.49. The fraction of sp³-hybridized carbons (Fsp3) is 0.0175. The van der Waals surface area contributed by atoms with Gasteiger partial charge in [0.1, 0.15) is 0 Å². The fourth-order valence-corrected chi connectivity index (χ4v) is 10.3. The molecule has 0 amide bonds. The zero-order chi connectivity index (χ0) is 38.9. The Morgan fingerprint density at radius 3 is 1.41 bits per heavy atom. The van der Waals surface area contributed by atoms with Crippen LogP contribution in [0, 0.1) is 0 Å². The van der Waals surface area contributed by atoms with Gasteiger partial charge < -0.3 is 9.80 Å². The molecule has 0 heterocycles. The Balaban J connectivity index is 1.16. The number of hydrogen-bond donors (Lipinski definition) is 0. The Bertz CT molecular complexity index is 3230. The third-order valence-corrected chi connectivity index (χ3v) is 12.6. The normalized spacial score (nSPS) is 14.5. The van der Waals surface area contributed by atoms with Crippen molar-refractivity contribution in [1.82, 2.24) is 0 Å². The number of nitrogens with zero attached hydrogens (tertiary/aromatic N) is 2. The van der Waals surface area contributed by atoms with Crippen LogP contribution in [0.5, 0.6) is 0 Å². The third kappa shape index (κ3) is 4.87. The van der Waals surface area contributed by atoms with Crippen LogP contribution in [0.1, 0.15) is 22.3 Å². The van der Waals surface area contributed by atoms with E-state index in [0.717, 1.165) is 34.1 Å². The first kappa shape index (κ1) is 33.5. The summed E-state index contributed by atoms with van der Waals surface area (Å²) >= 11 is 0. The van der Waals surface area contributed by atoms with E-state index >= 15 is 0 Å². The van der Waals surface area contributed by atoms with Crippen molar-refractivity contribution in [2.24, 2.45) is 0 Å². The molecule has 1 unspecified atom stereocenters. The molecule has 0 bridgehead atoms. The molecule has 2 aliphatic carbocycles. The van der Waals surface area contributed by atoms with Crippen molar-refractivity contribution in [3.63, 3.8) is 0 Å². The average Bonchev–Trinajstić information content (AvgIpc) is 3.78. The first-order valence-electron chi connectivity index (χ1n) is 20.4. The van der Waals surface area contributed by atoms with Crippen molar-refractivity contribution in [3.8, 4) is 22.3 Å². The molecule has 10 aromatic carbocycles. The molecular formula is C57H38N2. The molecule has 59 heavy (non-hydrogen) atoms. The van der Waals surface area contributed by atoms with Crippen molar-refractivity contribution >= 4 is 55.7 Å². The van der Waals surface area contributed by atoms with E-state index < -0.39 is 5.41 Å².